The van der Waals surface area contributed by atoms with Gasteiger partial charge in [0.2, 0.25) is 5.78 Å². The first-order chi connectivity index (χ1) is 23.5. The Morgan fingerprint density at radius 3 is 2.18 bits per heavy atom. The van der Waals surface area contributed by atoms with Crippen molar-refractivity contribution < 1.29 is 58.3 Å². The molecule has 0 aromatic heterocycles. The number of Topliss-reactive ketones (excluding diaryl/α,β-unsaturated/α-hetero) is 2. The number of phenols is 1. The van der Waals surface area contributed by atoms with Gasteiger partial charge >= 0.3 is 7.60 Å². The zero-order chi connectivity index (χ0) is 37.0. The average molecular weight is 716 g/mol. The fourth-order valence-corrected chi connectivity index (χ4v) is 9.48. The number of aliphatic hydroxyl groups excluding tert-OH is 3. The first kappa shape index (κ1) is 37.0. The van der Waals surface area contributed by atoms with Gasteiger partial charge in [0, 0.05) is 11.5 Å². The molecule has 1 amide bonds. The molecule has 3 aliphatic rings. The number of hydrogen-bond donors (Lipinski definition) is 7. The predicted octanol–water partition coefficient (Wildman–Crippen LogP) is 2.88. The zero-order valence-corrected chi connectivity index (χ0v) is 29.3. The standard InChI is InChI=1S/C34H42N3O12P/c1-7-48-50(46,49-8-2)33(16-9-11-17(47-6)12-10-16)36-19-14-13-18-15(3)20-22(27(39)21(18)26(19)38)30(42)34(45)24(28(20)40)25(37(4)5)29(41)23(31(34)43)32(35)44/h9-15,20,24-25,28,33,36,38-40,43,45H,7-8H2,1-6H3,(H2,35,44)/t15-,20-,24-,25-,28+,33?,34+/m0/s1. The number of nitrogens with zero attached hydrogens (tertiary/aromatic N) is 1. The molecule has 5 rings (SSSR count). The van der Waals surface area contributed by atoms with Crippen LogP contribution in [0.15, 0.2) is 53.3 Å². The van der Waals surface area contributed by atoms with Crippen molar-refractivity contribution in [1.82, 2.24) is 4.90 Å². The molecular formula is C34H42N3O12P. The summed E-state index contributed by atoms with van der Waals surface area (Å²) in [6, 6.07) is 8.11. The number of hydrogen-bond acceptors (Lipinski definition) is 14. The quantitative estimate of drug-likeness (QED) is 0.101. The largest absolute Gasteiger partial charge is 0.508 e. The van der Waals surface area contributed by atoms with Gasteiger partial charge in [-0.3, -0.25) is 23.8 Å². The van der Waals surface area contributed by atoms with E-state index in [1.807, 2.05) is 0 Å². The van der Waals surface area contributed by atoms with Crippen molar-refractivity contribution in [2.45, 2.75) is 50.2 Å². The number of anilines is 1. The summed E-state index contributed by atoms with van der Waals surface area (Å²) in [6.45, 7) is 4.97. The number of aliphatic hydroxyl groups is 4. The fraction of sp³-hybridized carbons (Fsp3) is 0.441. The Hall–Kier alpha value is -4.24. The Morgan fingerprint density at radius 2 is 1.66 bits per heavy atom. The van der Waals surface area contributed by atoms with Gasteiger partial charge in [-0.25, -0.2) is 0 Å². The molecule has 270 valence electrons. The number of rotatable bonds is 11. The number of fused-ring (bicyclic) bond motifs is 3. The third kappa shape index (κ3) is 5.49. The van der Waals surface area contributed by atoms with Crippen molar-refractivity contribution in [2.75, 3.05) is 39.7 Å². The zero-order valence-electron chi connectivity index (χ0n) is 28.4. The van der Waals surface area contributed by atoms with E-state index in [1.54, 1.807) is 51.1 Å². The summed E-state index contributed by atoms with van der Waals surface area (Å²) in [6.07, 6.45) is -1.73. The summed E-state index contributed by atoms with van der Waals surface area (Å²) in [5.74, 6) is -10.7. The lowest BCUT2D eigenvalue weighted by molar-refractivity contribution is -0.169. The Labute approximate surface area is 288 Å². The van der Waals surface area contributed by atoms with Crippen LogP contribution in [0.2, 0.25) is 0 Å². The van der Waals surface area contributed by atoms with Crippen LogP contribution in [0.3, 0.4) is 0 Å². The van der Waals surface area contributed by atoms with Crippen molar-refractivity contribution >= 4 is 36.5 Å². The summed E-state index contributed by atoms with van der Waals surface area (Å²) < 4.78 is 30.7. The van der Waals surface area contributed by atoms with Crippen molar-refractivity contribution in [3.63, 3.8) is 0 Å². The summed E-state index contributed by atoms with van der Waals surface area (Å²) in [5.41, 5.74) is 1.27. The monoisotopic (exact) mass is 715 g/mol. The van der Waals surface area contributed by atoms with E-state index in [9.17, 15) is 44.5 Å². The van der Waals surface area contributed by atoms with E-state index >= 15 is 0 Å². The normalized spacial score (nSPS) is 27.1. The van der Waals surface area contributed by atoms with Gasteiger partial charge < -0.3 is 50.4 Å². The summed E-state index contributed by atoms with van der Waals surface area (Å²) in [7, 11) is 0.380. The first-order valence-corrected chi connectivity index (χ1v) is 17.6. The van der Waals surface area contributed by atoms with E-state index in [1.165, 1.54) is 32.2 Å². The molecule has 7 atom stereocenters. The molecule has 0 spiro atoms. The number of carbonyl (C=O) groups is 3. The van der Waals surface area contributed by atoms with Gasteiger partial charge in [0.05, 0.1) is 49.6 Å². The topological polar surface area (TPSA) is 238 Å². The third-order valence-corrected chi connectivity index (χ3v) is 12.1. The van der Waals surface area contributed by atoms with Gasteiger partial charge in [-0.1, -0.05) is 25.1 Å². The predicted molar refractivity (Wildman–Crippen MR) is 181 cm³/mol. The Kier molecular flexibility index (Phi) is 9.98. The number of aromatic hydroxyl groups is 1. The molecule has 16 heteroatoms. The lowest BCUT2D eigenvalue weighted by Gasteiger charge is -2.53. The Morgan fingerprint density at radius 1 is 1.06 bits per heavy atom. The van der Waals surface area contributed by atoms with E-state index in [0.29, 0.717) is 16.9 Å². The number of likely N-dealkylation sites (N-methyl/N-ethyl adjacent to an activating group) is 1. The number of carbonyl (C=O) groups excluding carboxylic acids is 3. The minimum Gasteiger partial charge on any atom is -0.508 e. The highest BCUT2D eigenvalue weighted by Crippen LogP contribution is 2.62. The SMILES string of the molecule is CCOP(=O)(OCC)C(Nc1ccc2c(c1O)C(O)=C1C(=O)[C@@]3(O)C(O)=C(C(N)=O)C(=O)[C@@H](N(C)C)[C@H]3[C@H](O)[C@H]1[C@H]2C)c1ccc(OC)cc1. The molecule has 1 saturated carbocycles. The highest BCUT2D eigenvalue weighted by molar-refractivity contribution is 7.54. The summed E-state index contributed by atoms with van der Waals surface area (Å²) in [4.78, 5) is 41.3. The number of methoxy groups -OCH3 is 1. The Bertz CT molecular complexity index is 1830. The number of ether oxygens (including phenoxy) is 1. The summed E-state index contributed by atoms with van der Waals surface area (Å²) >= 11 is 0. The van der Waals surface area contributed by atoms with Gasteiger partial charge in [-0.2, -0.15) is 0 Å². The lowest BCUT2D eigenvalue weighted by Crippen LogP contribution is -2.70. The van der Waals surface area contributed by atoms with Crippen molar-refractivity contribution in [3.8, 4) is 11.5 Å². The minimum atomic E-state index is -3.98. The van der Waals surface area contributed by atoms with E-state index in [-0.39, 0.29) is 24.5 Å². The number of phenolic OH excluding ortho intramolecular Hbond substituents is 1. The smallest absolute Gasteiger partial charge is 0.357 e. The number of primary amides is 1. The second-order valence-corrected chi connectivity index (χ2v) is 14.8. The van der Waals surface area contributed by atoms with Crippen molar-refractivity contribution in [1.29, 1.82) is 0 Å². The summed E-state index contributed by atoms with van der Waals surface area (Å²) in [5, 5.41) is 61.4. The van der Waals surface area contributed by atoms with Gasteiger partial charge in [0.1, 0.15) is 28.6 Å². The maximum Gasteiger partial charge on any atom is 0.357 e. The van der Waals surface area contributed by atoms with Crippen LogP contribution < -0.4 is 15.8 Å². The highest BCUT2D eigenvalue weighted by atomic mass is 31.2. The maximum absolute atomic E-state index is 14.3. The third-order valence-electron chi connectivity index (χ3n) is 9.79. The first-order valence-electron chi connectivity index (χ1n) is 16.0. The molecule has 0 saturated heterocycles. The molecular weight excluding hydrogens is 673 g/mol. The second-order valence-electron chi connectivity index (χ2n) is 12.7. The van der Waals surface area contributed by atoms with E-state index in [4.69, 9.17) is 19.5 Å². The van der Waals surface area contributed by atoms with E-state index in [0.717, 1.165) is 0 Å². The number of amides is 1. The molecule has 1 unspecified atom stereocenters. The Balaban J connectivity index is 1.69. The van der Waals surface area contributed by atoms with Crippen LogP contribution in [-0.4, -0.2) is 100 Å². The molecule has 50 heavy (non-hydrogen) atoms. The van der Waals surface area contributed by atoms with Crippen LogP contribution in [0.25, 0.3) is 5.76 Å². The van der Waals surface area contributed by atoms with E-state index in [2.05, 4.69) is 5.32 Å². The van der Waals surface area contributed by atoms with Crippen LogP contribution in [0.5, 0.6) is 11.5 Å². The molecule has 15 nitrogen and oxygen atoms in total. The molecule has 1 fully saturated rings. The molecule has 8 N–H and O–H groups in total. The highest BCUT2D eigenvalue weighted by Gasteiger charge is 2.68. The van der Waals surface area contributed by atoms with Crippen LogP contribution in [-0.2, 0) is 28.0 Å². The molecule has 2 aromatic carbocycles. The molecule has 0 bridgehead atoms. The molecule has 0 heterocycles. The van der Waals surface area contributed by atoms with Gasteiger partial charge in [0.15, 0.2) is 17.2 Å². The van der Waals surface area contributed by atoms with Gasteiger partial charge in [-0.15, -0.1) is 0 Å². The maximum atomic E-state index is 14.3. The molecule has 0 radical (unpaired) electrons. The second kappa shape index (κ2) is 13.5. The van der Waals surface area contributed by atoms with Crippen LogP contribution in [0.1, 0.15) is 49.2 Å². The molecule has 2 aromatic rings. The fourth-order valence-electron chi connectivity index (χ4n) is 7.56. The molecule has 3 aliphatic carbocycles. The lowest BCUT2D eigenvalue weighted by atomic mass is 9.54. The number of nitrogens with one attached hydrogen (secondary N) is 1. The van der Waals surface area contributed by atoms with Crippen molar-refractivity contribution in [3.05, 3.63) is 70.0 Å². The van der Waals surface area contributed by atoms with Crippen LogP contribution in [0, 0.1) is 11.8 Å². The molecule has 0 aliphatic heterocycles. The minimum absolute atomic E-state index is 0.0287. The number of ketones is 2. The van der Waals surface area contributed by atoms with Crippen molar-refractivity contribution in [2.24, 2.45) is 17.6 Å². The number of benzene rings is 2. The van der Waals surface area contributed by atoms with Crippen LogP contribution in [0.4, 0.5) is 5.69 Å². The van der Waals surface area contributed by atoms with Crippen LogP contribution >= 0.6 is 7.60 Å². The van der Waals surface area contributed by atoms with E-state index < -0.39 is 94.8 Å². The van der Waals surface area contributed by atoms with Gasteiger partial charge in [0.25, 0.3) is 5.91 Å². The number of nitrogens with two attached hydrogens (primary N) is 1. The average Bonchev–Trinajstić information content (AvgIpc) is 3.06. The van der Waals surface area contributed by atoms with Gasteiger partial charge in [-0.05, 0) is 63.2 Å².